The quantitative estimate of drug-likeness (QED) is 0.355. The van der Waals surface area contributed by atoms with Gasteiger partial charge in [0.1, 0.15) is 0 Å². The number of nitrogens with one attached hydrogen (secondary N) is 1. The molecule has 0 spiro atoms. The topological polar surface area (TPSA) is 50.2 Å². The second kappa shape index (κ2) is 9.11. The number of allylic oxidation sites excluding steroid dienone is 2. The van der Waals surface area contributed by atoms with E-state index in [1.165, 1.54) is 10.8 Å². The number of nitrogens with zero attached hydrogens (tertiary/aromatic N) is 3. The summed E-state index contributed by atoms with van der Waals surface area (Å²) in [5, 5.41) is 8.06. The van der Waals surface area contributed by atoms with Crippen molar-refractivity contribution >= 4 is 29.2 Å². The number of anilines is 3. The van der Waals surface area contributed by atoms with Gasteiger partial charge in [-0.2, -0.15) is 4.68 Å². The van der Waals surface area contributed by atoms with Gasteiger partial charge >= 0.3 is 0 Å². The van der Waals surface area contributed by atoms with Crippen LogP contribution in [0.5, 0.6) is 0 Å². The average molecular weight is 461 g/mol. The molecule has 174 valence electrons. The molecule has 1 aromatic heterocycles. The second-order valence-electron chi connectivity index (χ2n) is 8.94. The number of hydrogen-bond acceptors (Lipinski definition) is 4. The fourth-order valence-electron chi connectivity index (χ4n) is 4.73. The van der Waals surface area contributed by atoms with Crippen molar-refractivity contribution in [2.24, 2.45) is 0 Å². The standard InChI is InChI=1S/C30H28N4O/c1-4-28(35)34-27-21-30(22-11-7-5-8-12-22,23-15-17-25(18-16-23)33(2)3)20-19-26(27)29(32-34)31-24-13-9-6-10-14-24/h4-20H,1,21H2,2-3H3,(H,31,32). The summed E-state index contributed by atoms with van der Waals surface area (Å²) in [6.45, 7) is 3.70. The number of aromatic nitrogens is 2. The highest BCUT2D eigenvalue weighted by molar-refractivity contribution is 5.91. The molecule has 3 aromatic carbocycles. The minimum absolute atomic E-state index is 0.248. The Balaban J connectivity index is 1.66. The largest absolute Gasteiger partial charge is 0.378 e. The zero-order chi connectivity index (χ0) is 24.4. The predicted molar refractivity (Wildman–Crippen MR) is 144 cm³/mol. The number of carbonyl (C=O) groups is 1. The van der Waals surface area contributed by atoms with Crippen molar-refractivity contribution in [3.05, 3.63) is 126 Å². The summed E-state index contributed by atoms with van der Waals surface area (Å²) in [4.78, 5) is 15.0. The number of benzene rings is 3. The van der Waals surface area contributed by atoms with E-state index in [9.17, 15) is 4.79 Å². The maximum absolute atomic E-state index is 12.9. The second-order valence-corrected chi connectivity index (χ2v) is 8.94. The van der Waals surface area contributed by atoms with E-state index in [1.807, 2.05) is 50.5 Å². The fraction of sp³-hybridized carbons (Fsp3) is 0.133. The van der Waals surface area contributed by atoms with E-state index in [2.05, 4.69) is 82.6 Å². The SMILES string of the molecule is C=CC(=O)n1nc(Nc2ccccc2)c2c1CC(c1ccccc1)(c1ccc(N(C)C)cc1)C=C2. The van der Waals surface area contributed by atoms with Gasteiger partial charge in [0, 0.05) is 42.9 Å². The molecule has 5 nitrogen and oxygen atoms in total. The van der Waals surface area contributed by atoms with Gasteiger partial charge in [0.25, 0.3) is 5.91 Å². The normalized spacial score (nSPS) is 16.4. The smallest absolute Gasteiger partial charge is 0.270 e. The average Bonchev–Trinajstić information content (AvgIpc) is 3.26. The Kier molecular flexibility index (Phi) is 5.83. The van der Waals surface area contributed by atoms with Crippen molar-refractivity contribution in [3.63, 3.8) is 0 Å². The molecule has 5 rings (SSSR count). The fourth-order valence-corrected chi connectivity index (χ4v) is 4.73. The molecule has 4 aromatic rings. The zero-order valence-electron chi connectivity index (χ0n) is 20.0. The van der Waals surface area contributed by atoms with Crippen LogP contribution in [0.3, 0.4) is 0 Å². The van der Waals surface area contributed by atoms with E-state index in [0.29, 0.717) is 12.2 Å². The Hall–Kier alpha value is -4.38. The molecule has 0 saturated heterocycles. The third-order valence-electron chi connectivity index (χ3n) is 6.61. The molecule has 1 N–H and O–H groups in total. The van der Waals surface area contributed by atoms with Gasteiger partial charge in [0.15, 0.2) is 5.82 Å². The van der Waals surface area contributed by atoms with Crippen molar-refractivity contribution in [2.45, 2.75) is 11.8 Å². The van der Waals surface area contributed by atoms with Gasteiger partial charge < -0.3 is 10.2 Å². The molecule has 1 aliphatic carbocycles. The van der Waals surface area contributed by atoms with Crippen LogP contribution in [0.15, 0.2) is 104 Å². The van der Waals surface area contributed by atoms with Crippen LogP contribution < -0.4 is 10.2 Å². The molecule has 5 heteroatoms. The molecule has 0 saturated carbocycles. The van der Waals surface area contributed by atoms with Crippen LogP contribution >= 0.6 is 0 Å². The van der Waals surface area contributed by atoms with E-state index < -0.39 is 5.41 Å². The number of para-hydroxylation sites is 1. The lowest BCUT2D eigenvalue weighted by atomic mass is 9.68. The number of carbonyl (C=O) groups excluding carboxylic acids is 1. The number of rotatable bonds is 6. The Morgan fingerprint density at radius 3 is 2.23 bits per heavy atom. The maximum atomic E-state index is 12.9. The van der Waals surface area contributed by atoms with Gasteiger partial charge in [-0.1, -0.05) is 79.4 Å². The minimum atomic E-state index is -0.442. The van der Waals surface area contributed by atoms with Crippen LogP contribution in [-0.4, -0.2) is 29.8 Å². The molecular formula is C30H28N4O. The first-order valence-corrected chi connectivity index (χ1v) is 11.7. The minimum Gasteiger partial charge on any atom is -0.378 e. The lowest BCUT2D eigenvalue weighted by Gasteiger charge is -2.35. The summed E-state index contributed by atoms with van der Waals surface area (Å²) in [6.07, 6.45) is 6.24. The molecule has 0 radical (unpaired) electrons. The molecule has 1 atom stereocenters. The monoisotopic (exact) mass is 460 g/mol. The van der Waals surface area contributed by atoms with Crippen LogP contribution in [-0.2, 0) is 11.8 Å². The van der Waals surface area contributed by atoms with Gasteiger partial charge in [0.05, 0.1) is 5.69 Å². The molecule has 1 unspecified atom stereocenters. The van der Waals surface area contributed by atoms with E-state index in [1.54, 1.807) is 0 Å². The molecular weight excluding hydrogens is 432 g/mol. The summed E-state index contributed by atoms with van der Waals surface area (Å²) in [6, 6.07) is 28.9. The van der Waals surface area contributed by atoms with E-state index in [-0.39, 0.29) is 5.91 Å². The van der Waals surface area contributed by atoms with Crippen LogP contribution in [0.25, 0.3) is 6.08 Å². The highest BCUT2D eigenvalue weighted by Crippen LogP contribution is 2.43. The van der Waals surface area contributed by atoms with Crippen LogP contribution in [0.4, 0.5) is 17.2 Å². The molecule has 0 bridgehead atoms. The molecule has 0 fully saturated rings. The highest BCUT2D eigenvalue weighted by atomic mass is 16.2. The third-order valence-corrected chi connectivity index (χ3v) is 6.61. The van der Waals surface area contributed by atoms with E-state index in [4.69, 9.17) is 0 Å². The van der Waals surface area contributed by atoms with Crippen LogP contribution in [0, 0.1) is 0 Å². The Morgan fingerprint density at radius 2 is 1.60 bits per heavy atom. The Labute approximate surface area is 206 Å². The Bertz CT molecular complexity index is 1390. The predicted octanol–water partition coefficient (Wildman–Crippen LogP) is 6.07. The first-order chi connectivity index (χ1) is 17.0. The van der Waals surface area contributed by atoms with Gasteiger partial charge in [-0.05, 0) is 41.5 Å². The van der Waals surface area contributed by atoms with Crippen molar-refractivity contribution < 1.29 is 4.79 Å². The highest BCUT2D eigenvalue weighted by Gasteiger charge is 2.38. The number of fused-ring (bicyclic) bond motifs is 1. The van der Waals surface area contributed by atoms with Gasteiger partial charge in [-0.15, -0.1) is 5.10 Å². The number of hydrogen-bond donors (Lipinski definition) is 1. The van der Waals surface area contributed by atoms with Crippen LogP contribution in [0.1, 0.15) is 27.2 Å². The first kappa shape index (κ1) is 22.4. The van der Waals surface area contributed by atoms with E-state index in [0.717, 1.165) is 33.8 Å². The van der Waals surface area contributed by atoms with Crippen molar-refractivity contribution in [2.75, 3.05) is 24.3 Å². The lowest BCUT2D eigenvalue weighted by Crippen LogP contribution is -2.32. The van der Waals surface area contributed by atoms with Crippen molar-refractivity contribution in [1.82, 2.24) is 9.78 Å². The lowest BCUT2D eigenvalue weighted by molar-refractivity contribution is 0.0950. The summed E-state index contributed by atoms with van der Waals surface area (Å²) < 4.78 is 1.49. The third kappa shape index (κ3) is 4.06. The summed E-state index contributed by atoms with van der Waals surface area (Å²) in [5.74, 6) is 0.407. The summed E-state index contributed by atoms with van der Waals surface area (Å²) in [5.41, 5.74) is 5.71. The summed E-state index contributed by atoms with van der Waals surface area (Å²) in [7, 11) is 4.07. The zero-order valence-corrected chi connectivity index (χ0v) is 20.0. The van der Waals surface area contributed by atoms with Crippen molar-refractivity contribution in [3.8, 4) is 0 Å². The molecule has 1 heterocycles. The van der Waals surface area contributed by atoms with Crippen molar-refractivity contribution in [1.29, 1.82) is 0 Å². The van der Waals surface area contributed by atoms with Gasteiger partial charge in [0.2, 0.25) is 0 Å². The van der Waals surface area contributed by atoms with Gasteiger partial charge in [-0.25, -0.2) is 0 Å². The molecule has 1 aliphatic rings. The Morgan fingerprint density at radius 1 is 0.971 bits per heavy atom. The molecule has 35 heavy (non-hydrogen) atoms. The van der Waals surface area contributed by atoms with Crippen LogP contribution in [0.2, 0.25) is 0 Å². The van der Waals surface area contributed by atoms with E-state index >= 15 is 0 Å². The molecule has 0 aliphatic heterocycles. The summed E-state index contributed by atoms with van der Waals surface area (Å²) >= 11 is 0. The maximum Gasteiger partial charge on any atom is 0.270 e. The first-order valence-electron chi connectivity index (χ1n) is 11.7. The van der Waals surface area contributed by atoms with Gasteiger partial charge in [-0.3, -0.25) is 4.79 Å². The molecule has 0 amide bonds.